The number of pyridine rings is 1. The van der Waals surface area contributed by atoms with Crippen molar-refractivity contribution < 1.29 is 9.72 Å². The van der Waals surface area contributed by atoms with E-state index in [0.717, 1.165) is 12.3 Å². The van der Waals surface area contributed by atoms with E-state index in [0.29, 0.717) is 10.3 Å². The van der Waals surface area contributed by atoms with Gasteiger partial charge in [-0.25, -0.2) is 9.97 Å². The van der Waals surface area contributed by atoms with E-state index in [1.165, 1.54) is 12.4 Å². The summed E-state index contributed by atoms with van der Waals surface area (Å²) in [5, 5.41) is 13.1. The SMILES string of the molecule is Cc1nc(NC(=O)c2cncc([N+](=O)[O-])c2)cnc1Br. The van der Waals surface area contributed by atoms with Crippen LogP contribution in [0.25, 0.3) is 0 Å². The van der Waals surface area contributed by atoms with Crippen molar-refractivity contribution in [2.45, 2.75) is 6.92 Å². The molecule has 102 valence electrons. The van der Waals surface area contributed by atoms with Crippen LogP contribution in [0, 0.1) is 17.0 Å². The second kappa shape index (κ2) is 5.70. The maximum atomic E-state index is 11.9. The molecule has 2 heterocycles. The Morgan fingerprint density at radius 1 is 1.40 bits per heavy atom. The second-order valence-corrected chi connectivity index (χ2v) is 4.53. The number of aryl methyl sites for hydroxylation is 1. The van der Waals surface area contributed by atoms with Crippen LogP contribution in [-0.2, 0) is 0 Å². The standard InChI is InChI=1S/C11H8BrN5O3/c1-6-10(12)14-5-9(15-6)16-11(18)7-2-8(17(19)20)4-13-3-7/h2-5H,1H3,(H,15,16,18). The molecular weight excluding hydrogens is 330 g/mol. The molecule has 0 spiro atoms. The molecule has 9 heteroatoms. The highest BCUT2D eigenvalue weighted by atomic mass is 79.9. The third kappa shape index (κ3) is 3.12. The lowest BCUT2D eigenvalue weighted by atomic mass is 10.2. The maximum Gasteiger partial charge on any atom is 0.288 e. The lowest BCUT2D eigenvalue weighted by Crippen LogP contribution is -2.14. The van der Waals surface area contributed by atoms with Gasteiger partial charge < -0.3 is 5.32 Å². The van der Waals surface area contributed by atoms with Gasteiger partial charge in [-0.05, 0) is 22.9 Å². The molecule has 20 heavy (non-hydrogen) atoms. The maximum absolute atomic E-state index is 11.9. The normalized spacial score (nSPS) is 10.1. The Morgan fingerprint density at radius 3 is 2.80 bits per heavy atom. The molecule has 1 amide bonds. The summed E-state index contributed by atoms with van der Waals surface area (Å²) in [6.07, 6.45) is 3.68. The van der Waals surface area contributed by atoms with E-state index < -0.39 is 10.8 Å². The van der Waals surface area contributed by atoms with Gasteiger partial charge in [-0.3, -0.25) is 19.9 Å². The highest BCUT2D eigenvalue weighted by Gasteiger charge is 2.13. The molecule has 0 unspecified atom stereocenters. The predicted octanol–water partition coefficient (Wildman–Crippen LogP) is 2.10. The molecule has 0 aliphatic carbocycles. The Morgan fingerprint density at radius 2 is 2.15 bits per heavy atom. The average Bonchev–Trinajstić information content (AvgIpc) is 2.43. The Hall–Kier alpha value is -2.42. The molecule has 0 atom stereocenters. The molecular formula is C11H8BrN5O3. The number of nitrogens with one attached hydrogen (secondary N) is 1. The molecule has 8 nitrogen and oxygen atoms in total. The first-order chi connectivity index (χ1) is 9.47. The van der Waals surface area contributed by atoms with Gasteiger partial charge in [0.05, 0.1) is 22.4 Å². The van der Waals surface area contributed by atoms with Crippen LogP contribution in [0.4, 0.5) is 11.5 Å². The molecule has 0 saturated carbocycles. The minimum atomic E-state index is -0.618. The number of carbonyl (C=O) groups excluding carboxylic acids is 1. The van der Waals surface area contributed by atoms with E-state index >= 15 is 0 Å². The summed E-state index contributed by atoms with van der Waals surface area (Å²) >= 11 is 3.19. The van der Waals surface area contributed by atoms with E-state index in [-0.39, 0.29) is 17.1 Å². The van der Waals surface area contributed by atoms with Crippen LogP contribution in [0.5, 0.6) is 0 Å². The van der Waals surface area contributed by atoms with Crippen LogP contribution in [0.3, 0.4) is 0 Å². The van der Waals surface area contributed by atoms with Crippen molar-refractivity contribution in [1.82, 2.24) is 15.0 Å². The van der Waals surface area contributed by atoms with Crippen molar-refractivity contribution in [3.63, 3.8) is 0 Å². The molecule has 2 aromatic heterocycles. The van der Waals surface area contributed by atoms with Crippen LogP contribution < -0.4 is 5.32 Å². The van der Waals surface area contributed by atoms with Crippen molar-refractivity contribution in [2.24, 2.45) is 0 Å². The highest BCUT2D eigenvalue weighted by Crippen LogP contribution is 2.15. The summed E-state index contributed by atoms with van der Waals surface area (Å²) in [6, 6.07) is 1.14. The topological polar surface area (TPSA) is 111 Å². The van der Waals surface area contributed by atoms with Gasteiger partial charge in [0.1, 0.15) is 10.8 Å². The van der Waals surface area contributed by atoms with E-state index in [1.54, 1.807) is 6.92 Å². The van der Waals surface area contributed by atoms with Gasteiger partial charge in [0.25, 0.3) is 11.6 Å². The lowest BCUT2D eigenvalue weighted by molar-refractivity contribution is -0.385. The molecule has 0 fully saturated rings. The molecule has 0 saturated heterocycles. The number of rotatable bonds is 3. The van der Waals surface area contributed by atoms with Gasteiger partial charge >= 0.3 is 0 Å². The molecule has 0 radical (unpaired) electrons. The monoisotopic (exact) mass is 337 g/mol. The van der Waals surface area contributed by atoms with E-state index in [9.17, 15) is 14.9 Å². The second-order valence-electron chi connectivity index (χ2n) is 3.77. The molecule has 2 rings (SSSR count). The van der Waals surface area contributed by atoms with Crippen molar-refractivity contribution in [3.8, 4) is 0 Å². The smallest absolute Gasteiger partial charge is 0.288 e. The number of nitrogens with zero attached hydrogens (tertiary/aromatic N) is 4. The Labute approximate surface area is 121 Å². The number of carbonyl (C=O) groups is 1. The number of anilines is 1. The number of halogens is 1. The summed E-state index contributed by atoms with van der Waals surface area (Å²) in [6.45, 7) is 1.72. The third-order valence-electron chi connectivity index (χ3n) is 2.33. The van der Waals surface area contributed by atoms with Gasteiger partial charge in [-0.2, -0.15) is 0 Å². The van der Waals surface area contributed by atoms with Gasteiger partial charge in [-0.1, -0.05) is 0 Å². The zero-order valence-electron chi connectivity index (χ0n) is 10.2. The molecule has 0 aliphatic heterocycles. The minimum absolute atomic E-state index is 0.0709. The summed E-state index contributed by atoms with van der Waals surface area (Å²) in [7, 11) is 0. The van der Waals surface area contributed by atoms with E-state index in [2.05, 4.69) is 36.2 Å². The first-order valence-corrected chi connectivity index (χ1v) is 6.16. The zero-order chi connectivity index (χ0) is 14.7. The Kier molecular flexibility index (Phi) is 3.99. The number of amides is 1. The van der Waals surface area contributed by atoms with Crippen molar-refractivity contribution >= 4 is 33.3 Å². The first-order valence-electron chi connectivity index (χ1n) is 5.37. The highest BCUT2D eigenvalue weighted by molar-refractivity contribution is 9.10. The molecule has 0 aliphatic rings. The van der Waals surface area contributed by atoms with Crippen LogP contribution in [-0.4, -0.2) is 25.8 Å². The first kappa shape index (κ1) is 14.0. The lowest BCUT2D eigenvalue weighted by Gasteiger charge is -2.05. The van der Waals surface area contributed by atoms with Gasteiger partial charge in [0.15, 0.2) is 5.82 Å². The van der Waals surface area contributed by atoms with Crippen molar-refractivity contribution in [2.75, 3.05) is 5.32 Å². The van der Waals surface area contributed by atoms with E-state index in [1.807, 2.05) is 0 Å². The average molecular weight is 338 g/mol. The summed E-state index contributed by atoms with van der Waals surface area (Å²) in [5.74, 6) is -0.292. The fraction of sp³-hybridized carbons (Fsp3) is 0.0909. The molecule has 0 aromatic carbocycles. The van der Waals surface area contributed by atoms with Gasteiger partial charge in [0.2, 0.25) is 0 Å². The molecule has 1 N–H and O–H groups in total. The Bertz CT molecular complexity index is 692. The zero-order valence-corrected chi connectivity index (χ0v) is 11.8. The third-order valence-corrected chi connectivity index (χ3v) is 3.10. The largest absolute Gasteiger partial charge is 0.305 e. The number of aromatic nitrogens is 3. The summed E-state index contributed by atoms with van der Waals surface area (Å²) in [5.41, 5.74) is 0.428. The van der Waals surface area contributed by atoms with Gasteiger partial charge in [-0.15, -0.1) is 0 Å². The number of hydrogen-bond acceptors (Lipinski definition) is 6. The van der Waals surface area contributed by atoms with Crippen LogP contribution in [0.15, 0.2) is 29.3 Å². The molecule has 0 bridgehead atoms. The van der Waals surface area contributed by atoms with Crippen LogP contribution in [0.1, 0.15) is 16.1 Å². The quantitative estimate of drug-likeness (QED) is 0.678. The van der Waals surface area contributed by atoms with E-state index in [4.69, 9.17) is 0 Å². The Balaban J connectivity index is 2.21. The predicted molar refractivity (Wildman–Crippen MR) is 73.3 cm³/mol. The van der Waals surface area contributed by atoms with Crippen molar-refractivity contribution in [1.29, 1.82) is 0 Å². The van der Waals surface area contributed by atoms with Crippen LogP contribution >= 0.6 is 15.9 Å². The fourth-order valence-electron chi connectivity index (χ4n) is 1.37. The summed E-state index contributed by atoms with van der Waals surface area (Å²) < 4.78 is 0.576. The fourth-order valence-corrected chi connectivity index (χ4v) is 1.56. The summed E-state index contributed by atoms with van der Waals surface area (Å²) in [4.78, 5) is 33.7. The van der Waals surface area contributed by atoms with Crippen molar-refractivity contribution in [3.05, 3.63) is 50.6 Å². The van der Waals surface area contributed by atoms with Gasteiger partial charge in [0, 0.05) is 12.3 Å². The number of nitro groups is 1. The minimum Gasteiger partial charge on any atom is -0.305 e. The number of hydrogen-bond donors (Lipinski definition) is 1. The molecule has 2 aromatic rings. The van der Waals surface area contributed by atoms with Crippen LogP contribution in [0.2, 0.25) is 0 Å².